The van der Waals surface area contributed by atoms with Crippen LogP contribution in [0.3, 0.4) is 0 Å². The van der Waals surface area contributed by atoms with Crippen molar-refractivity contribution in [1.82, 2.24) is 0 Å². The first-order valence-electron chi connectivity index (χ1n) is 5.87. The van der Waals surface area contributed by atoms with Gasteiger partial charge in [-0.2, -0.15) is 0 Å². The molecule has 3 heteroatoms. The molecule has 0 saturated carbocycles. The molecule has 1 aromatic rings. The fourth-order valence-electron chi connectivity index (χ4n) is 1.48. The van der Waals surface area contributed by atoms with E-state index in [4.69, 9.17) is 15.6 Å². The predicted octanol–water partition coefficient (Wildman–Crippen LogP) is 2.25. The van der Waals surface area contributed by atoms with E-state index in [-0.39, 0.29) is 12.6 Å². The van der Waals surface area contributed by atoms with Crippen LogP contribution in [-0.2, 0) is 0 Å². The fraction of sp³-hybridized carbons (Fsp3) is 0.538. The van der Waals surface area contributed by atoms with Crippen LogP contribution in [-0.4, -0.2) is 18.3 Å². The van der Waals surface area contributed by atoms with Crippen molar-refractivity contribution in [2.45, 2.75) is 32.2 Å². The molecular weight excluding hydrogens is 202 g/mol. The molecule has 0 amide bonds. The second kappa shape index (κ2) is 7.25. The van der Waals surface area contributed by atoms with E-state index in [0.29, 0.717) is 0 Å². The van der Waals surface area contributed by atoms with Crippen molar-refractivity contribution in [3.63, 3.8) is 0 Å². The summed E-state index contributed by atoms with van der Waals surface area (Å²) in [6.07, 6.45) is 3.46. The van der Waals surface area contributed by atoms with E-state index < -0.39 is 0 Å². The summed E-state index contributed by atoms with van der Waals surface area (Å²) in [5.41, 5.74) is 6.65. The number of hydrogen-bond donors (Lipinski definition) is 2. The quantitative estimate of drug-likeness (QED) is 0.697. The van der Waals surface area contributed by atoms with Crippen LogP contribution < -0.4 is 10.5 Å². The number of benzene rings is 1. The van der Waals surface area contributed by atoms with Crippen molar-refractivity contribution in [3.05, 3.63) is 29.8 Å². The van der Waals surface area contributed by atoms with Crippen molar-refractivity contribution >= 4 is 0 Å². The van der Waals surface area contributed by atoms with Crippen molar-refractivity contribution in [3.8, 4) is 5.75 Å². The molecule has 1 rings (SSSR count). The van der Waals surface area contributed by atoms with Gasteiger partial charge in [-0.25, -0.2) is 0 Å². The molecule has 0 aromatic heterocycles. The zero-order chi connectivity index (χ0) is 11.8. The van der Waals surface area contributed by atoms with Crippen LogP contribution in [0.25, 0.3) is 0 Å². The summed E-state index contributed by atoms with van der Waals surface area (Å²) in [4.78, 5) is 0. The van der Waals surface area contributed by atoms with Crippen LogP contribution in [0.5, 0.6) is 5.75 Å². The summed E-state index contributed by atoms with van der Waals surface area (Å²) in [6.45, 7) is 2.87. The number of aliphatic hydroxyl groups excluding tert-OH is 1. The molecule has 90 valence electrons. The molecule has 0 aliphatic carbocycles. The van der Waals surface area contributed by atoms with E-state index in [0.717, 1.165) is 24.3 Å². The molecule has 0 radical (unpaired) electrons. The highest BCUT2D eigenvalue weighted by Gasteiger charge is 2.04. The number of aliphatic hydroxyl groups is 1. The van der Waals surface area contributed by atoms with Crippen LogP contribution in [0.1, 0.15) is 37.8 Å². The highest BCUT2D eigenvalue weighted by atomic mass is 16.5. The highest BCUT2D eigenvalue weighted by molar-refractivity contribution is 5.30. The second-order valence-corrected chi connectivity index (χ2v) is 3.92. The number of rotatable bonds is 7. The number of nitrogens with two attached hydrogens (primary N) is 1. The average Bonchev–Trinajstić information content (AvgIpc) is 2.34. The third-order valence-corrected chi connectivity index (χ3v) is 2.50. The topological polar surface area (TPSA) is 55.5 Å². The zero-order valence-corrected chi connectivity index (χ0v) is 9.86. The first-order valence-corrected chi connectivity index (χ1v) is 5.87. The van der Waals surface area contributed by atoms with Gasteiger partial charge in [-0.05, 0) is 24.1 Å². The molecule has 0 aliphatic heterocycles. The van der Waals surface area contributed by atoms with Crippen LogP contribution in [0.2, 0.25) is 0 Å². The van der Waals surface area contributed by atoms with Crippen molar-refractivity contribution in [2.75, 3.05) is 13.2 Å². The van der Waals surface area contributed by atoms with Crippen molar-refractivity contribution in [1.29, 1.82) is 0 Å². The predicted molar refractivity (Wildman–Crippen MR) is 65.5 cm³/mol. The lowest BCUT2D eigenvalue weighted by molar-refractivity contribution is 0.267. The van der Waals surface area contributed by atoms with E-state index in [1.807, 2.05) is 24.3 Å². The van der Waals surface area contributed by atoms with Crippen LogP contribution in [0, 0.1) is 0 Å². The first-order chi connectivity index (χ1) is 7.77. The Kier molecular flexibility index (Phi) is 5.90. The highest BCUT2D eigenvalue weighted by Crippen LogP contribution is 2.17. The van der Waals surface area contributed by atoms with Crippen LogP contribution in [0.15, 0.2) is 24.3 Å². The molecular formula is C13H21NO2. The Morgan fingerprint density at radius 2 is 2.19 bits per heavy atom. The van der Waals surface area contributed by atoms with Gasteiger partial charge in [0.05, 0.1) is 19.3 Å². The number of unbranched alkanes of at least 4 members (excludes halogenated alkanes) is 2. The summed E-state index contributed by atoms with van der Waals surface area (Å²) in [5, 5.41) is 8.96. The van der Waals surface area contributed by atoms with Gasteiger partial charge >= 0.3 is 0 Å². The normalized spacial score (nSPS) is 12.4. The Labute approximate surface area is 97.2 Å². The lowest BCUT2D eigenvalue weighted by atomic mass is 10.1. The summed E-state index contributed by atoms with van der Waals surface area (Å²) in [5.74, 6) is 0.831. The van der Waals surface area contributed by atoms with Crippen molar-refractivity contribution < 1.29 is 9.84 Å². The minimum atomic E-state index is -0.320. The Hall–Kier alpha value is -1.06. The molecule has 1 aromatic carbocycles. The van der Waals surface area contributed by atoms with Crippen LogP contribution in [0.4, 0.5) is 0 Å². The molecule has 0 spiro atoms. The molecule has 0 fully saturated rings. The van der Waals surface area contributed by atoms with Gasteiger partial charge in [0.15, 0.2) is 0 Å². The Balaban J connectivity index is 2.47. The summed E-state index contributed by atoms with van der Waals surface area (Å²) >= 11 is 0. The fourth-order valence-corrected chi connectivity index (χ4v) is 1.48. The largest absolute Gasteiger partial charge is 0.494 e. The SMILES string of the molecule is CCCCCOc1cccc([C@@H](N)CO)c1. The molecule has 0 saturated heterocycles. The smallest absolute Gasteiger partial charge is 0.119 e. The first kappa shape index (κ1) is 13.0. The minimum Gasteiger partial charge on any atom is -0.494 e. The molecule has 3 N–H and O–H groups in total. The number of hydrogen-bond acceptors (Lipinski definition) is 3. The maximum atomic E-state index is 8.96. The van der Waals surface area contributed by atoms with E-state index in [2.05, 4.69) is 6.92 Å². The molecule has 16 heavy (non-hydrogen) atoms. The third kappa shape index (κ3) is 4.21. The van der Waals surface area contributed by atoms with Gasteiger partial charge in [-0.3, -0.25) is 0 Å². The maximum Gasteiger partial charge on any atom is 0.119 e. The van der Waals surface area contributed by atoms with E-state index in [1.165, 1.54) is 12.8 Å². The average molecular weight is 223 g/mol. The third-order valence-electron chi connectivity index (χ3n) is 2.50. The molecule has 0 heterocycles. The second-order valence-electron chi connectivity index (χ2n) is 3.92. The van der Waals surface area contributed by atoms with E-state index in [1.54, 1.807) is 0 Å². The Morgan fingerprint density at radius 3 is 2.88 bits per heavy atom. The molecule has 0 unspecified atom stereocenters. The lowest BCUT2D eigenvalue weighted by Gasteiger charge is -2.11. The van der Waals surface area contributed by atoms with Crippen molar-refractivity contribution in [2.24, 2.45) is 5.73 Å². The summed E-state index contributed by atoms with van der Waals surface area (Å²) in [7, 11) is 0. The Bertz CT molecular complexity index is 302. The van der Waals surface area contributed by atoms with Gasteiger partial charge in [0.1, 0.15) is 5.75 Å². The van der Waals surface area contributed by atoms with Gasteiger partial charge in [-0.15, -0.1) is 0 Å². The molecule has 0 aliphatic rings. The molecule has 0 bridgehead atoms. The molecule has 1 atom stereocenters. The zero-order valence-electron chi connectivity index (χ0n) is 9.86. The van der Waals surface area contributed by atoms with Gasteiger partial charge < -0.3 is 15.6 Å². The van der Waals surface area contributed by atoms with E-state index in [9.17, 15) is 0 Å². The number of ether oxygens (including phenoxy) is 1. The lowest BCUT2D eigenvalue weighted by Crippen LogP contribution is -2.14. The standard InChI is InChI=1S/C13H21NO2/c1-2-3-4-8-16-12-7-5-6-11(9-12)13(14)10-15/h5-7,9,13,15H,2-4,8,10,14H2,1H3/t13-/m0/s1. The summed E-state index contributed by atoms with van der Waals surface area (Å²) in [6, 6.07) is 7.30. The molecule has 3 nitrogen and oxygen atoms in total. The van der Waals surface area contributed by atoms with E-state index >= 15 is 0 Å². The van der Waals surface area contributed by atoms with Gasteiger partial charge in [0.2, 0.25) is 0 Å². The van der Waals surface area contributed by atoms with Gasteiger partial charge in [-0.1, -0.05) is 31.9 Å². The minimum absolute atomic E-state index is 0.0424. The summed E-state index contributed by atoms with van der Waals surface area (Å²) < 4.78 is 5.61. The maximum absolute atomic E-state index is 8.96. The van der Waals surface area contributed by atoms with Gasteiger partial charge in [0.25, 0.3) is 0 Å². The Morgan fingerprint density at radius 1 is 1.38 bits per heavy atom. The van der Waals surface area contributed by atoms with Crippen LogP contribution >= 0.6 is 0 Å². The monoisotopic (exact) mass is 223 g/mol. The van der Waals surface area contributed by atoms with Gasteiger partial charge in [0, 0.05) is 0 Å².